The number of nitriles is 1. The third-order valence-electron chi connectivity index (χ3n) is 1.47. The molecule has 3 heteroatoms. The molecule has 0 N–H and O–H groups in total. The molecule has 0 aromatic carbocycles. The van der Waals surface area contributed by atoms with Crippen LogP contribution in [-0.4, -0.2) is 19.4 Å². The van der Waals surface area contributed by atoms with Crippen molar-refractivity contribution >= 4 is 0 Å². The summed E-state index contributed by atoms with van der Waals surface area (Å²) in [6.45, 7) is 0.584. The largest absolute Gasteiger partial charge is 0.378 e. The molecule has 0 amide bonds. The molecule has 1 aliphatic heterocycles. The molecule has 0 unspecified atom stereocenters. The fourth-order valence-corrected chi connectivity index (χ4v) is 0.877. The molecule has 0 spiro atoms. The van der Waals surface area contributed by atoms with E-state index >= 15 is 0 Å². The van der Waals surface area contributed by atoms with Crippen LogP contribution in [0.1, 0.15) is 6.42 Å². The number of alkyl halides is 1. The highest BCUT2D eigenvalue weighted by Gasteiger charge is 2.27. The summed E-state index contributed by atoms with van der Waals surface area (Å²) in [6.07, 6.45) is -0.633. The second-order valence-corrected chi connectivity index (χ2v) is 2.18. The first kappa shape index (κ1) is 6.50. The number of rotatable bonds is 1. The molecule has 0 aromatic rings. The second kappa shape index (κ2) is 2.79. The molecule has 1 aliphatic rings. The van der Waals surface area contributed by atoms with Crippen LogP contribution in [0.25, 0.3) is 0 Å². The van der Waals surface area contributed by atoms with E-state index in [0.717, 1.165) is 0 Å². The van der Waals surface area contributed by atoms with Gasteiger partial charge < -0.3 is 4.74 Å². The van der Waals surface area contributed by atoms with E-state index in [1.54, 1.807) is 0 Å². The van der Waals surface area contributed by atoms with Gasteiger partial charge in [0.1, 0.15) is 6.17 Å². The SMILES string of the molecule is N#CC[C@H]1COC[C@H]1F. The van der Waals surface area contributed by atoms with Crippen molar-refractivity contribution in [3.8, 4) is 6.07 Å². The van der Waals surface area contributed by atoms with E-state index in [9.17, 15) is 4.39 Å². The summed E-state index contributed by atoms with van der Waals surface area (Å²) >= 11 is 0. The minimum Gasteiger partial charge on any atom is -0.378 e. The predicted octanol–water partition coefficient (Wildman–Crippen LogP) is 0.885. The Kier molecular flexibility index (Phi) is 2.01. The molecular weight excluding hydrogens is 121 g/mol. The van der Waals surface area contributed by atoms with Crippen molar-refractivity contribution in [2.75, 3.05) is 13.2 Å². The Morgan fingerprint density at radius 1 is 1.67 bits per heavy atom. The Hall–Kier alpha value is -0.620. The summed E-state index contributed by atoms with van der Waals surface area (Å²) in [4.78, 5) is 0. The third kappa shape index (κ3) is 1.39. The van der Waals surface area contributed by atoms with Crippen molar-refractivity contribution < 1.29 is 9.13 Å². The molecule has 0 radical (unpaired) electrons. The van der Waals surface area contributed by atoms with Gasteiger partial charge in [-0.3, -0.25) is 0 Å². The zero-order valence-corrected chi connectivity index (χ0v) is 5.01. The first-order valence-electron chi connectivity index (χ1n) is 2.93. The fourth-order valence-electron chi connectivity index (χ4n) is 0.877. The molecule has 0 aromatic heterocycles. The van der Waals surface area contributed by atoms with E-state index in [1.165, 1.54) is 0 Å². The van der Waals surface area contributed by atoms with Crippen LogP contribution in [0.2, 0.25) is 0 Å². The Bertz CT molecular complexity index is 132. The zero-order valence-electron chi connectivity index (χ0n) is 5.01. The average molecular weight is 129 g/mol. The van der Waals surface area contributed by atoms with Crippen molar-refractivity contribution in [3.63, 3.8) is 0 Å². The van der Waals surface area contributed by atoms with E-state index in [2.05, 4.69) is 0 Å². The van der Waals surface area contributed by atoms with Gasteiger partial charge >= 0.3 is 0 Å². The lowest BCUT2D eigenvalue weighted by molar-refractivity contribution is 0.172. The Morgan fingerprint density at radius 2 is 2.44 bits per heavy atom. The highest BCUT2D eigenvalue weighted by Crippen LogP contribution is 2.19. The average Bonchev–Trinajstić information content (AvgIpc) is 2.18. The van der Waals surface area contributed by atoms with Gasteiger partial charge in [0.25, 0.3) is 0 Å². The van der Waals surface area contributed by atoms with E-state index < -0.39 is 6.17 Å². The minimum atomic E-state index is -0.912. The van der Waals surface area contributed by atoms with E-state index in [4.69, 9.17) is 10.00 Å². The summed E-state index contributed by atoms with van der Waals surface area (Å²) in [6, 6.07) is 1.92. The van der Waals surface area contributed by atoms with Crippen LogP contribution in [0.4, 0.5) is 4.39 Å². The third-order valence-corrected chi connectivity index (χ3v) is 1.47. The van der Waals surface area contributed by atoms with E-state index in [1.807, 2.05) is 6.07 Å². The van der Waals surface area contributed by atoms with Crippen molar-refractivity contribution in [3.05, 3.63) is 0 Å². The molecule has 1 rings (SSSR count). The van der Waals surface area contributed by atoms with Gasteiger partial charge in [-0.15, -0.1) is 0 Å². The van der Waals surface area contributed by atoms with Crippen LogP contribution in [0, 0.1) is 17.2 Å². The van der Waals surface area contributed by atoms with Gasteiger partial charge in [0.05, 0.1) is 19.3 Å². The highest BCUT2D eigenvalue weighted by molar-refractivity contribution is 4.83. The minimum absolute atomic E-state index is 0.171. The van der Waals surface area contributed by atoms with Gasteiger partial charge in [-0.25, -0.2) is 4.39 Å². The summed E-state index contributed by atoms with van der Waals surface area (Å²) in [7, 11) is 0. The molecule has 1 saturated heterocycles. The van der Waals surface area contributed by atoms with Gasteiger partial charge in [-0.05, 0) is 0 Å². The number of ether oxygens (including phenoxy) is 1. The van der Waals surface area contributed by atoms with Gasteiger partial charge in [0, 0.05) is 12.3 Å². The molecule has 50 valence electrons. The molecule has 0 saturated carbocycles. The number of halogens is 1. The Morgan fingerprint density at radius 3 is 2.89 bits per heavy atom. The molecule has 1 heterocycles. The van der Waals surface area contributed by atoms with Gasteiger partial charge in [0.15, 0.2) is 0 Å². The quantitative estimate of drug-likeness (QED) is 0.526. The second-order valence-electron chi connectivity index (χ2n) is 2.18. The Balaban J connectivity index is 2.33. The summed E-state index contributed by atoms with van der Waals surface area (Å²) in [5, 5.41) is 8.17. The van der Waals surface area contributed by atoms with Crippen LogP contribution >= 0.6 is 0 Å². The normalized spacial score (nSPS) is 34.2. The van der Waals surface area contributed by atoms with Crippen LogP contribution in [0.15, 0.2) is 0 Å². The number of hydrogen-bond acceptors (Lipinski definition) is 2. The van der Waals surface area contributed by atoms with Gasteiger partial charge in [0.2, 0.25) is 0 Å². The lowest BCUT2D eigenvalue weighted by Crippen LogP contribution is -2.11. The number of hydrogen-bond donors (Lipinski definition) is 0. The van der Waals surface area contributed by atoms with Crippen molar-refractivity contribution in [2.45, 2.75) is 12.6 Å². The zero-order chi connectivity index (χ0) is 6.69. The van der Waals surface area contributed by atoms with Gasteiger partial charge in [-0.1, -0.05) is 0 Å². The van der Waals surface area contributed by atoms with Crippen LogP contribution in [0.3, 0.4) is 0 Å². The lowest BCUT2D eigenvalue weighted by atomic mass is 10.1. The molecule has 1 fully saturated rings. The summed E-state index contributed by atoms with van der Waals surface area (Å²) < 4.78 is 17.3. The number of nitrogens with zero attached hydrogens (tertiary/aromatic N) is 1. The fraction of sp³-hybridized carbons (Fsp3) is 0.833. The molecule has 2 nitrogen and oxygen atoms in total. The molecule has 2 atom stereocenters. The monoisotopic (exact) mass is 129 g/mol. The van der Waals surface area contributed by atoms with E-state index in [-0.39, 0.29) is 18.9 Å². The molecule has 0 bridgehead atoms. The first-order valence-corrected chi connectivity index (χ1v) is 2.93. The van der Waals surface area contributed by atoms with Crippen LogP contribution in [0.5, 0.6) is 0 Å². The highest BCUT2D eigenvalue weighted by atomic mass is 19.1. The topological polar surface area (TPSA) is 33.0 Å². The maximum absolute atomic E-state index is 12.5. The molecule has 9 heavy (non-hydrogen) atoms. The first-order chi connectivity index (χ1) is 4.34. The molecule has 0 aliphatic carbocycles. The standard InChI is InChI=1S/C6H8FNO/c7-6-4-9-3-5(6)1-2-8/h5-6H,1,3-4H2/t5-,6+/m0/s1. The van der Waals surface area contributed by atoms with Gasteiger partial charge in [-0.2, -0.15) is 5.26 Å². The predicted molar refractivity (Wildman–Crippen MR) is 29.4 cm³/mol. The maximum Gasteiger partial charge on any atom is 0.129 e. The smallest absolute Gasteiger partial charge is 0.129 e. The van der Waals surface area contributed by atoms with E-state index in [0.29, 0.717) is 6.61 Å². The van der Waals surface area contributed by atoms with Crippen molar-refractivity contribution in [1.82, 2.24) is 0 Å². The van der Waals surface area contributed by atoms with Crippen LogP contribution < -0.4 is 0 Å². The maximum atomic E-state index is 12.5. The summed E-state index contributed by atoms with van der Waals surface area (Å²) in [5.74, 6) is -0.171. The van der Waals surface area contributed by atoms with Crippen molar-refractivity contribution in [2.24, 2.45) is 5.92 Å². The summed E-state index contributed by atoms with van der Waals surface area (Å²) in [5.41, 5.74) is 0. The van der Waals surface area contributed by atoms with Crippen LogP contribution in [-0.2, 0) is 4.74 Å². The van der Waals surface area contributed by atoms with Crippen molar-refractivity contribution in [1.29, 1.82) is 5.26 Å². The molecular formula is C6H8FNO. The Labute approximate surface area is 53.2 Å². The lowest BCUT2D eigenvalue weighted by Gasteiger charge is -2.02.